The SMILES string of the molecule is CC(C)N(CC(N)=O)c1ccccc1CNC1CC1. The fourth-order valence-electron chi connectivity index (χ4n) is 2.20. The van der Waals surface area contributed by atoms with Crippen molar-refractivity contribution in [3.63, 3.8) is 0 Å². The molecular weight excluding hydrogens is 238 g/mol. The maximum atomic E-state index is 11.2. The molecule has 0 spiro atoms. The summed E-state index contributed by atoms with van der Waals surface area (Å²) in [5.74, 6) is -0.293. The first kappa shape index (κ1) is 13.9. The molecule has 1 saturated carbocycles. The van der Waals surface area contributed by atoms with Gasteiger partial charge in [-0.3, -0.25) is 4.79 Å². The van der Waals surface area contributed by atoms with Crippen molar-refractivity contribution in [2.24, 2.45) is 5.73 Å². The average molecular weight is 261 g/mol. The van der Waals surface area contributed by atoms with E-state index in [4.69, 9.17) is 5.73 Å². The van der Waals surface area contributed by atoms with Gasteiger partial charge < -0.3 is 16.0 Å². The van der Waals surface area contributed by atoms with Crippen molar-refractivity contribution in [3.8, 4) is 0 Å². The lowest BCUT2D eigenvalue weighted by Gasteiger charge is -2.29. The van der Waals surface area contributed by atoms with Crippen molar-refractivity contribution in [2.45, 2.75) is 45.3 Å². The Hall–Kier alpha value is -1.55. The molecule has 1 aromatic rings. The standard InChI is InChI=1S/C15H23N3O/c1-11(2)18(10-15(16)19)14-6-4-3-5-12(14)9-17-13-7-8-13/h3-6,11,13,17H,7-10H2,1-2H3,(H2,16,19). The van der Waals surface area contributed by atoms with Crippen LogP contribution in [0.2, 0.25) is 0 Å². The molecule has 3 N–H and O–H groups in total. The van der Waals surface area contributed by atoms with E-state index < -0.39 is 0 Å². The van der Waals surface area contributed by atoms with Crippen molar-refractivity contribution < 1.29 is 4.79 Å². The lowest BCUT2D eigenvalue weighted by atomic mass is 10.1. The zero-order valence-corrected chi connectivity index (χ0v) is 11.7. The van der Waals surface area contributed by atoms with Crippen molar-refractivity contribution in [3.05, 3.63) is 29.8 Å². The number of anilines is 1. The summed E-state index contributed by atoms with van der Waals surface area (Å²) in [4.78, 5) is 13.3. The fraction of sp³-hybridized carbons (Fsp3) is 0.533. The van der Waals surface area contributed by atoms with Gasteiger partial charge in [0.15, 0.2) is 0 Å². The highest BCUT2D eigenvalue weighted by Gasteiger charge is 2.21. The van der Waals surface area contributed by atoms with Crippen LogP contribution in [0.25, 0.3) is 0 Å². The Morgan fingerprint density at radius 1 is 1.42 bits per heavy atom. The molecule has 0 heterocycles. The number of hydrogen-bond acceptors (Lipinski definition) is 3. The number of amides is 1. The Morgan fingerprint density at radius 3 is 2.68 bits per heavy atom. The summed E-state index contributed by atoms with van der Waals surface area (Å²) in [5, 5.41) is 3.52. The Labute approximate surface area is 115 Å². The Balaban J connectivity index is 2.16. The van der Waals surface area contributed by atoms with Gasteiger partial charge in [0.05, 0.1) is 6.54 Å². The molecule has 0 unspecified atom stereocenters. The van der Waals surface area contributed by atoms with Gasteiger partial charge in [0.25, 0.3) is 0 Å². The predicted molar refractivity (Wildman–Crippen MR) is 78.0 cm³/mol. The quantitative estimate of drug-likeness (QED) is 0.784. The van der Waals surface area contributed by atoms with Crippen LogP contribution in [-0.4, -0.2) is 24.5 Å². The van der Waals surface area contributed by atoms with E-state index in [0.717, 1.165) is 12.2 Å². The van der Waals surface area contributed by atoms with E-state index in [9.17, 15) is 4.79 Å². The Bertz CT molecular complexity index is 441. The number of rotatable bonds is 7. The van der Waals surface area contributed by atoms with Gasteiger partial charge in [-0.1, -0.05) is 18.2 Å². The van der Waals surface area contributed by atoms with E-state index in [0.29, 0.717) is 6.04 Å². The topological polar surface area (TPSA) is 58.4 Å². The molecule has 0 aliphatic heterocycles. The molecule has 1 amide bonds. The third kappa shape index (κ3) is 3.96. The zero-order chi connectivity index (χ0) is 13.8. The van der Waals surface area contributed by atoms with E-state index in [1.807, 2.05) is 12.1 Å². The van der Waals surface area contributed by atoms with Crippen LogP contribution in [0.4, 0.5) is 5.69 Å². The molecule has 1 aliphatic rings. The minimum absolute atomic E-state index is 0.245. The number of nitrogens with one attached hydrogen (secondary N) is 1. The molecule has 4 heteroatoms. The first-order valence-corrected chi connectivity index (χ1v) is 6.94. The molecule has 0 radical (unpaired) electrons. The molecule has 0 aromatic heterocycles. The zero-order valence-electron chi connectivity index (χ0n) is 11.7. The van der Waals surface area contributed by atoms with Crippen molar-refractivity contribution in [2.75, 3.05) is 11.4 Å². The Kier molecular flexibility index (Phi) is 4.43. The molecular formula is C15H23N3O. The lowest BCUT2D eigenvalue weighted by molar-refractivity contribution is -0.116. The van der Waals surface area contributed by atoms with Crippen LogP contribution in [0.1, 0.15) is 32.3 Å². The predicted octanol–water partition coefficient (Wildman–Crippen LogP) is 1.64. The number of primary amides is 1. The maximum absolute atomic E-state index is 11.2. The minimum atomic E-state index is -0.293. The van der Waals surface area contributed by atoms with Crippen LogP contribution in [0.15, 0.2) is 24.3 Å². The minimum Gasteiger partial charge on any atom is -0.368 e. The molecule has 0 saturated heterocycles. The second kappa shape index (κ2) is 6.06. The number of carbonyl (C=O) groups excluding carboxylic acids is 1. The summed E-state index contributed by atoms with van der Waals surface area (Å²) in [5.41, 5.74) is 7.68. The highest BCUT2D eigenvalue weighted by atomic mass is 16.1. The van der Waals surface area contributed by atoms with E-state index in [1.165, 1.54) is 18.4 Å². The highest BCUT2D eigenvalue weighted by Crippen LogP contribution is 2.24. The normalized spacial score (nSPS) is 14.7. The van der Waals surface area contributed by atoms with Crippen LogP contribution >= 0.6 is 0 Å². The summed E-state index contributed by atoms with van der Waals surface area (Å²) in [6.07, 6.45) is 2.55. The van der Waals surface area contributed by atoms with Gasteiger partial charge in [-0.25, -0.2) is 0 Å². The van der Waals surface area contributed by atoms with Crippen LogP contribution in [-0.2, 0) is 11.3 Å². The lowest BCUT2D eigenvalue weighted by Crippen LogP contribution is -2.39. The van der Waals surface area contributed by atoms with Crippen molar-refractivity contribution in [1.29, 1.82) is 0 Å². The molecule has 2 rings (SSSR count). The maximum Gasteiger partial charge on any atom is 0.236 e. The monoisotopic (exact) mass is 261 g/mol. The first-order chi connectivity index (χ1) is 9.08. The van der Waals surface area contributed by atoms with Crippen LogP contribution in [0, 0.1) is 0 Å². The fourth-order valence-corrected chi connectivity index (χ4v) is 2.20. The molecule has 0 atom stereocenters. The second-order valence-electron chi connectivity index (χ2n) is 5.47. The molecule has 4 nitrogen and oxygen atoms in total. The molecule has 104 valence electrons. The number of nitrogens with zero attached hydrogens (tertiary/aromatic N) is 1. The van der Waals surface area contributed by atoms with Crippen LogP contribution in [0.5, 0.6) is 0 Å². The summed E-state index contributed by atoms with van der Waals surface area (Å²) in [6.45, 7) is 5.27. The van der Waals surface area contributed by atoms with E-state index >= 15 is 0 Å². The van der Waals surface area contributed by atoms with Gasteiger partial charge in [-0.15, -0.1) is 0 Å². The van der Waals surface area contributed by atoms with Gasteiger partial charge in [0, 0.05) is 24.3 Å². The van der Waals surface area contributed by atoms with Gasteiger partial charge in [0.1, 0.15) is 0 Å². The smallest absolute Gasteiger partial charge is 0.236 e. The molecule has 1 aromatic carbocycles. The summed E-state index contributed by atoms with van der Waals surface area (Å²) in [7, 11) is 0. The van der Waals surface area contributed by atoms with Crippen molar-refractivity contribution in [1.82, 2.24) is 5.32 Å². The second-order valence-corrected chi connectivity index (χ2v) is 5.47. The van der Waals surface area contributed by atoms with E-state index in [1.54, 1.807) is 0 Å². The summed E-state index contributed by atoms with van der Waals surface area (Å²) < 4.78 is 0. The van der Waals surface area contributed by atoms with Gasteiger partial charge in [0.2, 0.25) is 5.91 Å². The molecule has 1 fully saturated rings. The third-order valence-corrected chi connectivity index (χ3v) is 3.41. The number of benzene rings is 1. The van der Waals surface area contributed by atoms with Crippen LogP contribution < -0.4 is 16.0 Å². The first-order valence-electron chi connectivity index (χ1n) is 6.94. The van der Waals surface area contributed by atoms with Crippen LogP contribution in [0.3, 0.4) is 0 Å². The van der Waals surface area contributed by atoms with E-state index in [-0.39, 0.29) is 18.5 Å². The van der Waals surface area contributed by atoms with Gasteiger partial charge in [-0.05, 0) is 38.3 Å². The largest absolute Gasteiger partial charge is 0.368 e. The highest BCUT2D eigenvalue weighted by molar-refractivity contribution is 5.80. The number of para-hydroxylation sites is 1. The summed E-state index contributed by atoms with van der Waals surface area (Å²) in [6, 6.07) is 9.14. The summed E-state index contributed by atoms with van der Waals surface area (Å²) >= 11 is 0. The molecule has 19 heavy (non-hydrogen) atoms. The van der Waals surface area contributed by atoms with Crippen molar-refractivity contribution >= 4 is 11.6 Å². The van der Waals surface area contributed by atoms with Gasteiger partial charge >= 0.3 is 0 Å². The molecule has 1 aliphatic carbocycles. The van der Waals surface area contributed by atoms with E-state index in [2.05, 4.69) is 36.2 Å². The molecule has 0 bridgehead atoms. The third-order valence-electron chi connectivity index (χ3n) is 3.41. The number of hydrogen-bond donors (Lipinski definition) is 2. The van der Waals surface area contributed by atoms with Gasteiger partial charge in [-0.2, -0.15) is 0 Å². The number of nitrogens with two attached hydrogens (primary N) is 1. The Morgan fingerprint density at radius 2 is 2.11 bits per heavy atom. The number of carbonyl (C=O) groups is 1. The average Bonchev–Trinajstić information content (AvgIpc) is 3.17.